The average molecular weight is 306 g/mol. The Balaban J connectivity index is 2.03. The van der Waals surface area contributed by atoms with Crippen molar-refractivity contribution in [3.05, 3.63) is 69.4 Å². The third kappa shape index (κ3) is 2.86. The maximum absolute atomic E-state index is 3.58. The van der Waals surface area contributed by atoms with Crippen LogP contribution in [0.3, 0.4) is 0 Å². The van der Waals surface area contributed by atoms with Crippen molar-refractivity contribution in [3.63, 3.8) is 0 Å². The van der Waals surface area contributed by atoms with Crippen LogP contribution in [0.2, 0.25) is 0 Å². The summed E-state index contributed by atoms with van der Waals surface area (Å²) in [5.74, 6) is 0. The topological polar surface area (TPSA) is 15.3 Å². The number of benzene rings is 2. The van der Waals surface area contributed by atoms with Crippen LogP contribution in [0.4, 0.5) is 5.69 Å². The Labute approximate surface area is 139 Å². The summed E-state index contributed by atoms with van der Waals surface area (Å²) in [5.41, 5.74) is 11.9. The van der Waals surface area contributed by atoms with Crippen molar-refractivity contribution >= 4 is 11.4 Å². The van der Waals surface area contributed by atoms with Gasteiger partial charge in [0.25, 0.3) is 0 Å². The zero-order valence-corrected chi connectivity index (χ0v) is 15.0. The van der Waals surface area contributed by atoms with Crippen molar-refractivity contribution in [1.82, 2.24) is 5.32 Å². The van der Waals surface area contributed by atoms with Gasteiger partial charge in [0.05, 0.1) is 12.4 Å². The summed E-state index contributed by atoms with van der Waals surface area (Å²) in [6.45, 7) is 13.9. The molecule has 0 amide bonds. The minimum Gasteiger partial charge on any atom is -0.366 e. The molecule has 1 N–H and O–H groups in total. The van der Waals surface area contributed by atoms with Gasteiger partial charge in [0.1, 0.15) is 0 Å². The molecule has 0 spiro atoms. The van der Waals surface area contributed by atoms with Gasteiger partial charge in [0.2, 0.25) is 0 Å². The van der Waals surface area contributed by atoms with Gasteiger partial charge in [-0.15, -0.1) is 0 Å². The van der Waals surface area contributed by atoms with E-state index in [4.69, 9.17) is 0 Å². The van der Waals surface area contributed by atoms with Crippen LogP contribution in [-0.4, -0.2) is 6.67 Å². The first kappa shape index (κ1) is 15.7. The lowest BCUT2D eigenvalue weighted by molar-refractivity contribution is 0.901. The smallest absolute Gasteiger partial charge is 0.0921 e. The molecule has 0 saturated carbocycles. The summed E-state index contributed by atoms with van der Waals surface area (Å²) in [6, 6.07) is 9.04. The van der Waals surface area contributed by atoms with E-state index in [-0.39, 0.29) is 0 Å². The lowest BCUT2D eigenvalue weighted by Crippen LogP contribution is -2.22. The van der Waals surface area contributed by atoms with Crippen LogP contribution in [0, 0.1) is 41.5 Å². The SMILES string of the molecule is Cc1cc(C)c(C2=CN(c3c(C)cc(C)cc3C)CN2)c(C)c1. The Bertz CT molecular complexity index is 753. The number of nitrogens with zero attached hydrogens (tertiary/aromatic N) is 1. The summed E-state index contributed by atoms with van der Waals surface area (Å²) in [4.78, 5) is 2.33. The molecular weight excluding hydrogens is 280 g/mol. The molecular formula is C21H26N2. The van der Waals surface area contributed by atoms with Gasteiger partial charge in [-0.1, -0.05) is 35.4 Å². The van der Waals surface area contributed by atoms with E-state index >= 15 is 0 Å². The van der Waals surface area contributed by atoms with Gasteiger partial charge < -0.3 is 10.2 Å². The summed E-state index contributed by atoms with van der Waals surface area (Å²) in [6.07, 6.45) is 2.26. The Kier molecular flexibility index (Phi) is 3.93. The zero-order chi connectivity index (χ0) is 16.7. The van der Waals surface area contributed by atoms with E-state index in [9.17, 15) is 0 Å². The third-order valence-corrected chi connectivity index (χ3v) is 4.59. The standard InChI is InChI=1S/C21H26N2/c1-13-7-15(3)20(16(4)8-13)19-11-23(12-22-19)21-17(5)9-14(2)10-18(21)6/h7-11,22H,12H2,1-6H3. The van der Waals surface area contributed by atoms with Crippen molar-refractivity contribution in [2.45, 2.75) is 41.5 Å². The molecule has 0 unspecified atom stereocenters. The molecule has 0 saturated heterocycles. The molecule has 120 valence electrons. The van der Waals surface area contributed by atoms with Crippen molar-refractivity contribution in [1.29, 1.82) is 0 Å². The van der Waals surface area contributed by atoms with Crippen LogP contribution in [0.25, 0.3) is 5.70 Å². The van der Waals surface area contributed by atoms with Gasteiger partial charge in [-0.25, -0.2) is 0 Å². The molecule has 0 atom stereocenters. The highest BCUT2D eigenvalue weighted by Crippen LogP contribution is 2.31. The van der Waals surface area contributed by atoms with Gasteiger partial charge in [0, 0.05) is 17.5 Å². The molecule has 2 nitrogen and oxygen atoms in total. The van der Waals surface area contributed by atoms with Gasteiger partial charge >= 0.3 is 0 Å². The number of hydrogen-bond acceptors (Lipinski definition) is 2. The summed E-state index contributed by atoms with van der Waals surface area (Å²) >= 11 is 0. The molecule has 0 aliphatic carbocycles. The quantitative estimate of drug-likeness (QED) is 0.848. The van der Waals surface area contributed by atoms with Gasteiger partial charge in [-0.3, -0.25) is 0 Å². The summed E-state index contributed by atoms with van der Waals surface area (Å²) in [7, 11) is 0. The highest BCUT2D eigenvalue weighted by atomic mass is 15.3. The Hall–Kier alpha value is -2.22. The van der Waals surface area contributed by atoms with E-state index in [1.54, 1.807) is 0 Å². The van der Waals surface area contributed by atoms with Gasteiger partial charge in [-0.2, -0.15) is 0 Å². The van der Waals surface area contributed by atoms with Gasteiger partial charge in [0.15, 0.2) is 0 Å². The van der Waals surface area contributed by atoms with E-state index < -0.39 is 0 Å². The summed E-state index contributed by atoms with van der Waals surface area (Å²) < 4.78 is 0. The second-order valence-electron chi connectivity index (χ2n) is 6.87. The van der Waals surface area contributed by atoms with E-state index in [1.165, 1.54) is 50.3 Å². The first-order chi connectivity index (χ1) is 10.9. The van der Waals surface area contributed by atoms with Crippen molar-refractivity contribution in [2.24, 2.45) is 0 Å². The second-order valence-corrected chi connectivity index (χ2v) is 6.87. The first-order valence-electron chi connectivity index (χ1n) is 8.25. The fourth-order valence-electron chi connectivity index (χ4n) is 3.94. The maximum Gasteiger partial charge on any atom is 0.0921 e. The minimum atomic E-state index is 0.826. The molecule has 1 aliphatic heterocycles. The average Bonchev–Trinajstić information content (AvgIpc) is 2.85. The van der Waals surface area contributed by atoms with Gasteiger partial charge in [-0.05, 0) is 63.8 Å². The van der Waals surface area contributed by atoms with Crippen LogP contribution in [0.15, 0.2) is 30.5 Å². The lowest BCUT2D eigenvalue weighted by atomic mass is 9.98. The fourth-order valence-corrected chi connectivity index (χ4v) is 3.94. The first-order valence-corrected chi connectivity index (χ1v) is 8.25. The van der Waals surface area contributed by atoms with Crippen LogP contribution in [0.1, 0.15) is 38.9 Å². The molecule has 0 bridgehead atoms. The molecule has 2 aromatic rings. The zero-order valence-electron chi connectivity index (χ0n) is 15.0. The maximum atomic E-state index is 3.58. The normalized spacial score (nSPS) is 14.0. The highest BCUT2D eigenvalue weighted by molar-refractivity contribution is 5.76. The minimum absolute atomic E-state index is 0.826. The van der Waals surface area contributed by atoms with E-state index in [0.29, 0.717) is 0 Å². The van der Waals surface area contributed by atoms with Crippen LogP contribution < -0.4 is 10.2 Å². The van der Waals surface area contributed by atoms with Crippen molar-refractivity contribution < 1.29 is 0 Å². The van der Waals surface area contributed by atoms with Crippen LogP contribution in [-0.2, 0) is 0 Å². The predicted molar refractivity (Wildman–Crippen MR) is 99.8 cm³/mol. The molecule has 23 heavy (non-hydrogen) atoms. The van der Waals surface area contributed by atoms with Crippen LogP contribution >= 0.6 is 0 Å². The lowest BCUT2D eigenvalue weighted by Gasteiger charge is -2.20. The predicted octanol–water partition coefficient (Wildman–Crippen LogP) is 4.90. The van der Waals surface area contributed by atoms with Crippen molar-refractivity contribution in [3.8, 4) is 0 Å². The Morgan fingerprint density at radius 3 is 1.74 bits per heavy atom. The number of aryl methyl sites for hydroxylation is 6. The molecule has 0 radical (unpaired) electrons. The van der Waals surface area contributed by atoms with E-state index in [0.717, 1.165) is 6.67 Å². The van der Waals surface area contributed by atoms with Crippen molar-refractivity contribution in [2.75, 3.05) is 11.6 Å². The number of anilines is 1. The third-order valence-electron chi connectivity index (χ3n) is 4.59. The monoisotopic (exact) mass is 306 g/mol. The second kappa shape index (κ2) is 5.77. The molecule has 2 aromatic carbocycles. The number of rotatable bonds is 2. The molecule has 1 aliphatic rings. The molecule has 0 fully saturated rings. The fraction of sp³-hybridized carbons (Fsp3) is 0.333. The van der Waals surface area contributed by atoms with E-state index in [2.05, 4.69) is 82.2 Å². The van der Waals surface area contributed by atoms with Crippen LogP contribution in [0.5, 0.6) is 0 Å². The largest absolute Gasteiger partial charge is 0.366 e. The molecule has 1 heterocycles. The van der Waals surface area contributed by atoms with E-state index in [1.807, 2.05) is 0 Å². The number of hydrogen-bond donors (Lipinski definition) is 1. The summed E-state index contributed by atoms with van der Waals surface area (Å²) in [5, 5.41) is 3.58. The highest BCUT2D eigenvalue weighted by Gasteiger charge is 2.20. The molecule has 2 heteroatoms. The Morgan fingerprint density at radius 2 is 1.22 bits per heavy atom. The number of nitrogens with one attached hydrogen (secondary N) is 1. The Morgan fingerprint density at radius 1 is 0.739 bits per heavy atom. The molecule has 0 aromatic heterocycles. The molecule has 3 rings (SSSR count).